The minimum absolute atomic E-state index is 0.581. The van der Waals surface area contributed by atoms with E-state index in [0.717, 1.165) is 12.5 Å². The molecule has 18 heavy (non-hydrogen) atoms. The van der Waals surface area contributed by atoms with Gasteiger partial charge in [-0.05, 0) is 49.3 Å². The number of hydrogen-bond acceptors (Lipinski definition) is 2. The van der Waals surface area contributed by atoms with Crippen molar-refractivity contribution in [2.45, 2.75) is 38.6 Å². The highest BCUT2D eigenvalue weighted by Gasteiger charge is 2.34. The average Bonchev–Trinajstić information content (AvgIpc) is 2.71. The molecule has 2 unspecified atom stereocenters. The summed E-state index contributed by atoms with van der Waals surface area (Å²) in [6, 6.07) is 9.52. The van der Waals surface area contributed by atoms with Crippen LogP contribution in [0.15, 0.2) is 24.3 Å². The maximum absolute atomic E-state index is 5.90. The van der Waals surface area contributed by atoms with Crippen LogP contribution in [-0.4, -0.2) is 19.1 Å². The Morgan fingerprint density at radius 1 is 1.33 bits per heavy atom. The van der Waals surface area contributed by atoms with Gasteiger partial charge in [0.25, 0.3) is 0 Å². The van der Waals surface area contributed by atoms with Crippen molar-refractivity contribution in [3.63, 3.8) is 0 Å². The van der Waals surface area contributed by atoms with Crippen LogP contribution in [0.25, 0.3) is 0 Å². The Kier molecular flexibility index (Phi) is 3.29. The van der Waals surface area contributed by atoms with Crippen molar-refractivity contribution in [1.29, 1.82) is 0 Å². The van der Waals surface area contributed by atoms with Gasteiger partial charge in [0.15, 0.2) is 0 Å². The van der Waals surface area contributed by atoms with Crippen molar-refractivity contribution >= 4 is 5.69 Å². The summed E-state index contributed by atoms with van der Waals surface area (Å²) in [6.07, 6.45) is 5.45. The molecule has 1 aromatic rings. The fourth-order valence-electron chi connectivity index (χ4n) is 3.33. The molecule has 1 aliphatic heterocycles. The van der Waals surface area contributed by atoms with Gasteiger partial charge in [0.1, 0.15) is 0 Å². The van der Waals surface area contributed by atoms with Crippen LogP contribution >= 0.6 is 0 Å². The second kappa shape index (κ2) is 4.93. The van der Waals surface area contributed by atoms with Crippen molar-refractivity contribution in [2.24, 2.45) is 17.6 Å². The smallest absolute Gasteiger partial charge is 0.0402 e. The Morgan fingerprint density at radius 3 is 2.78 bits per heavy atom. The topological polar surface area (TPSA) is 29.3 Å². The molecule has 1 saturated carbocycles. The van der Waals surface area contributed by atoms with Crippen LogP contribution in [0.5, 0.6) is 0 Å². The van der Waals surface area contributed by atoms with Crippen LogP contribution < -0.4 is 10.6 Å². The summed E-state index contributed by atoms with van der Waals surface area (Å²) in [5.41, 5.74) is 8.88. The Hall–Kier alpha value is -1.02. The molecule has 0 amide bonds. The van der Waals surface area contributed by atoms with E-state index >= 15 is 0 Å². The summed E-state index contributed by atoms with van der Waals surface area (Å²) in [5, 5.41) is 0. The molecular weight excluding hydrogens is 220 g/mol. The first-order chi connectivity index (χ1) is 8.79. The molecule has 1 fully saturated rings. The standard InChI is InChI=1S/C16H24N2/c1-12(10-17)16-9-14-7-2-3-8-15(14)18(16)11-13-5-4-6-13/h2-3,7-8,12-13,16H,4-6,9-11,17H2,1H3. The van der Waals surface area contributed by atoms with Crippen molar-refractivity contribution in [3.8, 4) is 0 Å². The molecule has 2 atom stereocenters. The van der Waals surface area contributed by atoms with E-state index in [1.807, 2.05) is 0 Å². The molecule has 3 rings (SSSR count). The van der Waals surface area contributed by atoms with Gasteiger partial charge in [-0.3, -0.25) is 0 Å². The number of rotatable bonds is 4. The van der Waals surface area contributed by atoms with Gasteiger partial charge in [-0.1, -0.05) is 31.5 Å². The first-order valence-corrected chi connectivity index (χ1v) is 7.34. The average molecular weight is 244 g/mol. The molecule has 98 valence electrons. The summed E-state index contributed by atoms with van der Waals surface area (Å²) >= 11 is 0. The van der Waals surface area contributed by atoms with Crippen molar-refractivity contribution in [2.75, 3.05) is 18.0 Å². The van der Waals surface area contributed by atoms with Crippen molar-refractivity contribution in [1.82, 2.24) is 0 Å². The Bertz CT molecular complexity index is 411. The molecule has 0 spiro atoms. The number of nitrogens with two attached hydrogens (primary N) is 1. The van der Waals surface area contributed by atoms with Gasteiger partial charge in [-0.25, -0.2) is 0 Å². The van der Waals surface area contributed by atoms with Crippen LogP contribution in [0.3, 0.4) is 0 Å². The minimum atomic E-state index is 0.581. The number of para-hydroxylation sites is 1. The lowest BCUT2D eigenvalue weighted by Gasteiger charge is -2.37. The SMILES string of the molecule is CC(CN)C1Cc2ccccc2N1CC1CCC1. The normalized spacial score (nSPS) is 24.8. The predicted octanol–water partition coefficient (Wildman–Crippen LogP) is 2.81. The van der Waals surface area contributed by atoms with E-state index < -0.39 is 0 Å². The summed E-state index contributed by atoms with van der Waals surface area (Å²) < 4.78 is 0. The zero-order valence-corrected chi connectivity index (χ0v) is 11.3. The lowest BCUT2D eigenvalue weighted by Crippen LogP contribution is -2.43. The zero-order valence-electron chi connectivity index (χ0n) is 11.3. The van der Waals surface area contributed by atoms with Gasteiger partial charge in [-0.2, -0.15) is 0 Å². The van der Waals surface area contributed by atoms with E-state index in [4.69, 9.17) is 5.73 Å². The molecule has 2 N–H and O–H groups in total. The Labute approximate surface area is 110 Å². The molecule has 2 nitrogen and oxygen atoms in total. The van der Waals surface area contributed by atoms with Gasteiger partial charge in [0.05, 0.1) is 0 Å². The van der Waals surface area contributed by atoms with Gasteiger partial charge >= 0.3 is 0 Å². The first kappa shape index (κ1) is 12.0. The molecule has 1 aromatic carbocycles. The highest BCUT2D eigenvalue weighted by atomic mass is 15.2. The van der Waals surface area contributed by atoms with Gasteiger partial charge in [0.2, 0.25) is 0 Å². The second-order valence-electron chi connectivity index (χ2n) is 6.06. The molecular formula is C16H24N2. The zero-order chi connectivity index (χ0) is 12.5. The molecule has 0 saturated heterocycles. The van der Waals surface area contributed by atoms with Crippen LogP contribution in [-0.2, 0) is 6.42 Å². The molecule has 2 aliphatic rings. The predicted molar refractivity (Wildman–Crippen MR) is 76.8 cm³/mol. The van der Waals surface area contributed by atoms with Crippen molar-refractivity contribution < 1.29 is 0 Å². The highest BCUT2D eigenvalue weighted by Crippen LogP contribution is 2.38. The second-order valence-corrected chi connectivity index (χ2v) is 6.06. The third-order valence-electron chi connectivity index (χ3n) is 4.84. The van der Waals surface area contributed by atoms with E-state index in [1.54, 1.807) is 0 Å². The van der Waals surface area contributed by atoms with Gasteiger partial charge < -0.3 is 10.6 Å². The molecule has 0 bridgehead atoms. The largest absolute Gasteiger partial charge is 0.367 e. The molecule has 2 heteroatoms. The van der Waals surface area contributed by atoms with E-state index in [-0.39, 0.29) is 0 Å². The third-order valence-corrected chi connectivity index (χ3v) is 4.84. The number of hydrogen-bond donors (Lipinski definition) is 1. The van der Waals surface area contributed by atoms with E-state index in [0.29, 0.717) is 12.0 Å². The van der Waals surface area contributed by atoms with Gasteiger partial charge in [-0.15, -0.1) is 0 Å². The maximum atomic E-state index is 5.90. The summed E-state index contributed by atoms with van der Waals surface area (Å²) in [4.78, 5) is 2.65. The minimum Gasteiger partial charge on any atom is -0.367 e. The number of fused-ring (bicyclic) bond motifs is 1. The molecule has 1 heterocycles. The van der Waals surface area contributed by atoms with E-state index in [9.17, 15) is 0 Å². The Balaban J connectivity index is 1.83. The fraction of sp³-hybridized carbons (Fsp3) is 0.625. The maximum Gasteiger partial charge on any atom is 0.0402 e. The van der Waals surface area contributed by atoms with E-state index in [2.05, 4.69) is 36.1 Å². The third kappa shape index (κ3) is 2.03. The summed E-state index contributed by atoms with van der Waals surface area (Å²) in [7, 11) is 0. The Morgan fingerprint density at radius 2 is 2.11 bits per heavy atom. The monoisotopic (exact) mass is 244 g/mol. The van der Waals surface area contributed by atoms with E-state index in [1.165, 1.54) is 43.5 Å². The van der Waals surface area contributed by atoms with Gasteiger partial charge in [0, 0.05) is 18.3 Å². The summed E-state index contributed by atoms with van der Waals surface area (Å²) in [5.74, 6) is 1.50. The van der Waals surface area contributed by atoms with Crippen LogP contribution in [0.4, 0.5) is 5.69 Å². The van der Waals surface area contributed by atoms with Crippen LogP contribution in [0, 0.1) is 11.8 Å². The summed E-state index contributed by atoms with van der Waals surface area (Å²) in [6.45, 7) is 4.33. The molecule has 1 aliphatic carbocycles. The number of anilines is 1. The quantitative estimate of drug-likeness (QED) is 0.882. The van der Waals surface area contributed by atoms with Crippen LogP contribution in [0.1, 0.15) is 31.7 Å². The number of benzene rings is 1. The molecule has 0 aromatic heterocycles. The van der Waals surface area contributed by atoms with Crippen molar-refractivity contribution in [3.05, 3.63) is 29.8 Å². The number of nitrogens with zero attached hydrogens (tertiary/aromatic N) is 1. The van der Waals surface area contributed by atoms with Crippen LogP contribution in [0.2, 0.25) is 0 Å². The fourth-order valence-corrected chi connectivity index (χ4v) is 3.33. The lowest BCUT2D eigenvalue weighted by molar-refractivity contribution is 0.301. The highest BCUT2D eigenvalue weighted by molar-refractivity contribution is 5.59. The lowest BCUT2D eigenvalue weighted by atomic mass is 9.84. The first-order valence-electron chi connectivity index (χ1n) is 7.34. The molecule has 0 radical (unpaired) electrons.